The van der Waals surface area contributed by atoms with Crippen molar-refractivity contribution in [3.05, 3.63) is 69.7 Å². The van der Waals surface area contributed by atoms with Crippen molar-refractivity contribution in [2.45, 2.75) is 24.7 Å². The topological polar surface area (TPSA) is 52.5 Å². The Bertz CT molecular complexity index is 614. The first-order valence-electron chi connectivity index (χ1n) is 7.08. The van der Waals surface area contributed by atoms with E-state index in [1.54, 1.807) is 0 Å². The van der Waals surface area contributed by atoms with Crippen molar-refractivity contribution in [1.29, 1.82) is 0 Å². The van der Waals surface area contributed by atoms with Gasteiger partial charge in [-0.05, 0) is 28.8 Å². The number of nitrogens with one attached hydrogen (secondary N) is 1. The maximum Gasteiger partial charge on any atom is 0.0914 e. The summed E-state index contributed by atoms with van der Waals surface area (Å²) in [6, 6.07) is 15.6. The Morgan fingerprint density at radius 3 is 2.62 bits per heavy atom. The van der Waals surface area contributed by atoms with E-state index in [0.29, 0.717) is 13.0 Å². The molecule has 0 unspecified atom stereocenters. The molecule has 0 aliphatic heterocycles. The molecule has 1 aliphatic rings. The van der Waals surface area contributed by atoms with E-state index in [-0.39, 0.29) is 6.04 Å². The third-order valence-electron chi connectivity index (χ3n) is 3.99. The van der Waals surface area contributed by atoms with Crippen LogP contribution in [0.25, 0.3) is 0 Å². The van der Waals surface area contributed by atoms with E-state index in [2.05, 4.69) is 21.2 Å². The molecule has 2 aromatic carbocycles. The fourth-order valence-corrected chi connectivity index (χ4v) is 3.13. The summed E-state index contributed by atoms with van der Waals surface area (Å²) in [5.41, 5.74) is 3.18. The molecule has 0 radical (unpaired) electrons. The summed E-state index contributed by atoms with van der Waals surface area (Å²) in [5, 5.41) is 23.7. The number of aliphatic hydroxyl groups excluding tert-OH is 2. The number of aliphatic hydroxyl groups is 2. The Hall–Kier alpha value is -1.20. The number of benzene rings is 2. The first-order chi connectivity index (χ1) is 10.1. The first kappa shape index (κ1) is 14.7. The van der Waals surface area contributed by atoms with Gasteiger partial charge in [-0.2, -0.15) is 0 Å². The quantitative estimate of drug-likeness (QED) is 0.796. The normalized spacial score (nSPS) is 22.0. The first-order valence-corrected chi connectivity index (χ1v) is 7.87. The molecule has 2 aromatic rings. The van der Waals surface area contributed by atoms with Gasteiger partial charge in [-0.25, -0.2) is 0 Å². The highest BCUT2D eigenvalue weighted by Gasteiger charge is 2.30. The van der Waals surface area contributed by atoms with Gasteiger partial charge in [0.2, 0.25) is 0 Å². The van der Waals surface area contributed by atoms with Gasteiger partial charge in [0.05, 0.1) is 18.2 Å². The highest BCUT2D eigenvalue weighted by Crippen LogP contribution is 2.31. The van der Waals surface area contributed by atoms with Gasteiger partial charge in [0.15, 0.2) is 0 Å². The van der Waals surface area contributed by atoms with E-state index in [0.717, 1.165) is 15.6 Å². The maximum atomic E-state index is 10.2. The molecular weight excluding hydrogens is 330 g/mol. The lowest BCUT2D eigenvalue weighted by molar-refractivity contribution is 0.120. The Morgan fingerprint density at radius 1 is 1.14 bits per heavy atom. The number of hydrogen-bond acceptors (Lipinski definition) is 3. The third kappa shape index (κ3) is 3.19. The Morgan fingerprint density at radius 2 is 1.86 bits per heavy atom. The summed E-state index contributed by atoms with van der Waals surface area (Å²) in [5.74, 6) is 0. The fraction of sp³-hybridized carbons (Fsp3) is 0.294. The van der Waals surface area contributed by atoms with Crippen molar-refractivity contribution in [1.82, 2.24) is 5.32 Å². The van der Waals surface area contributed by atoms with Crippen molar-refractivity contribution >= 4 is 15.9 Å². The highest BCUT2D eigenvalue weighted by atomic mass is 79.9. The van der Waals surface area contributed by atoms with Crippen LogP contribution in [-0.2, 0) is 6.42 Å². The van der Waals surface area contributed by atoms with E-state index >= 15 is 0 Å². The van der Waals surface area contributed by atoms with E-state index in [4.69, 9.17) is 0 Å². The second-order valence-electron chi connectivity index (χ2n) is 5.42. The zero-order chi connectivity index (χ0) is 14.8. The monoisotopic (exact) mass is 347 g/mol. The van der Waals surface area contributed by atoms with Crippen molar-refractivity contribution in [3.63, 3.8) is 0 Å². The van der Waals surface area contributed by atoms with Crippen LogP contribution in [0.1, 0.15) is 28.8 Å². The molecule has 3 rings (SSSR count). The van der Waals surface area contributed by atoms with Crippen molar-refractivity contribution in [3.8, 4) is 0 Å². The summed E-state index contributed by atoms with van der Waals surface area (Å²) < 4.78 is 0.992. The Kier molecular flexibility index (Phi) is 4.40. The second-order valence-corrected chi connectivity index (χ2v) is 6.34. The average Bonchev–Trinajstić information content (AvgIpc) is 2.81. The van der Waals surface area contributed by atoms with Crippen LogP contribution in [0.5, 0.6) is 0 Å². The predicted octanol–water partition coefficient (Wildman–Crippen LogP) is 2.73. The number of halogens is 1. The lowest BCUT2D eigenvalue weighted by Gasteiger charge is -2.20. The van der Waals surface area contributed by atoms with Gasteiger partial charge in [0.25, 0.3) is 0 Å². The van der Waals surface area contributed by atoms with Crippen molar-refractivity contribution in [2.24, 2.45) is 0 Å². The van der Waals surface area contributed by atoms with Gasteiger partial charge < -0.3 is 15.5 Å². The minimum absolute atomic E-state index is 0.105. The number of hydrogen-bond donors (Lipinski definition) is 3. The van der Waals surface area contributed by atoms with E-state index in [9.17, 15) is 10.2 Å². The largest absolute Gasteiger partial charge is 0.391 e. The van der Waals surface area contributed by atoms with Crippen LogP contribution in [0.3, 0.4) is 0 Å². The third-order valence-corrected chi connectivity index (χ3v) is 4.52. The molecule has 0 saturated heterocycles. The van der Waals surface area contributed by atoms with Crippen LogP contribution in [0.4, 0.5) is 0 Å². The minimum atomic E-state index is -0.585. The van der Waals surface area contributed by atoms with Crippen molar-refractivity contribution < 1.29 is 10.2 Å². The van der Waals surface area contributed by atoms with Crippen LogP contribution in [0, 0.1) is 0 Å². The minimum Gasteiger partial charge on any atom is -0.391 e. The van der Waals surface area contributed by atoms with Gasteiger partial charge in [-0.3, -0.25) is 0 Å². The number of rotatable bonds is 4. The molecule has 0 amide bonds. The molecule has 3 atom stereocenters. The van der Waals surface area contributed by atoms with Crippen LogP contribution < -0.4 is 5.32 Å². The maximum absolute atomic E-state index is 10.2. The molecule has 4 heteroatoms. The van der Waals surface area contributed by atoms with Crippen LogP contribution in [-0.4, -0.2) is 22.9 Å². The summed E-state index contributed by atoms with van der Waals surface area (Å²) in [7, 11) is 0. The van der Waals surface area contributed by atoms with Crippen LogP contribution in [0.2, 0.25) is 0 Å². The van der Waals surface area contributed by atoms with Gasteiger partial charge >= 0.3 is 0 Å². The second kappa shape index (κ2) is 6.28. The molecule has 0 saturated carbocycles. The summed E-state index contributed by atoms with van der Waals surface area (Å²) in [6.07, 6.45) is -0.347. The smallest absolute Gasteiger partial charge is 0.0914 e. The molecule has 1 aliphatic carbocycles. The Balaban J connectivity index is 1.66. The average molecular weight is 348 g/mol. The van der Waals surface area contributed by atoms with Crippen LogP contribution >= 0.6 is 15.9 Å². The van der Waals surface area contributed by atoms with Crippen LogP contribution in [0.15, 0.2) is 53.0 Å². The summed E-state index contributed by atoms with van der Waals surface area (Å²) in [4.78, 5) is 0. The molecule has 21 heavy (non-hydrogen) atoms. The zero-order valence-electron chi connectivity index (χ0n) is 11.5. The molecular formula is C17H18BrNO2. The molecule has 0 spiro atoms. The molecule has 3 nitrogen and oxygen atoms in total. The van der Waals surface area contributed by atoms with E-state index in [1.807, 2.05) is 48.5 Å². The lowest BCUT2D eigenvalue weighted by atomic mass is 10.1. The number of fused-ring (bicyclic) bond motifs is 1. The molecule has 0 heterocycles. The SMILES string of the molecule is O[C@@H](CN[C@@H]1c2ccccc2C[C@@H]1O)c1ccc(Br)cc1. The summed E-state index contributed by atoms with van der Waals surface area (Å²) >= 11 is 3.38. The highest BCUT2D eigenvalue weighted by molar-refractivity contribution is 9.10. The molecule has 0 aromatic heterocycles. The van der Waals surface area contributed by atoms with Gasteiger partial charge in [-0.1, -0.05) is 52.3 Å². The summed E-state index contributed by atoms with van der Waals surface area (Å²) in [6.45, 7) is 0.414. The van der Waals surface area contributed by atoms with Crippen molar-refractivity contribution in [2.75, 3.05) is 6.54 Å². The van der Waals surface area contributed by atoms with Gasteiger partial charge in [0.1, 0.15) is 0 Å². The molecule has 110 valence electrons. The molecule has 3 N–H and O–H groups in total. The molecule has 0 bridgehead atoms. The Labute approximate surface area is 132 Å². The zero-order valence-corrected chi connectivity index (χ0v) is 13.1. The lowest BCUT2D eigenvalue weighted by Crippen LogP contribution is -2.32. The van der Waals surface area contributed by atoms with E-state index < -0.39 is 12.2 Å². The van der Waals surface area contributed by atoms with E-state index in [1.165, 1.54) is 5.56 Å². The predicted molar refractivity (Wildman–Crippen MR) is 86.0 cm³/mol. The van der Waals surface area contributed by atoms with Gasteiger partial charge in [-0.15, -0.1) is 0 Å². The fourth-order valence-electron chi connectivity index (χ4n) is 2.86. The molecule has 0 fully saturated rings. The van der Waals surface area contributed by atoms with Gasteiger partial charge in [0, 0.05) is 17.4 Å². The standard InChI is InChI=1S/C17H18BrNO2/c18-13-7-5-11(6-8-13)16(21)10-19-17-14-4-2-1-3-12(14)9-15(17)20/h1-8,15-17,19-21H,9-10H2/t15-,16-,17+/m0/s1.